The number of thioether (sulfide) groups is 1. The van der Waals surface area contributed by atoms with Crippen molar-refractivity contribution in [1.82, 2.24) is 0 Å². The number of allylic oxidation sites excluding steroid dienone is 1. The number of rotatable bonds is 7. The van der Waals surface area contributed by atoms with Gasteiger partial charge in [-0.2, -0.15) is 0 Å². The summed E-state index contributed by atoms with van der Waals surface area (Å²) in [5.74, 6) is -0.0489. The molecule has 0 saturated carbocycles. The normalized spacial score (nSPS) is 16.8. The second kappa shape index (κ2) is 12.1. The fourth-order valence-electron chi connectivity index (χ4n) is 4.28. The van der Waals surface area contributed by atoms with Gasteiger partial charge in [0.05, 0.1) is 29.2 Å². The number of hydrogen-bond donors (Lipinski definition) is 1. The minimum Gasteiger partial charge on any atom is -0.495 e. The highest BCUT2D eigenvalue weighted by Gasteiger charge is 2.43. The lowest BCUT2D eigenvalue weighted by Gasteiger charge is -2.28. The van der Waals surface area contributed by atoms with E-state index in [1.165, 1.54) is 31.0 Å². The fraction of sp³-hybridized carbons (Fsp3) is 0.179. The van der Waals surface area contributed by atoms with Crippen LogP contribution in [0.3, 0.4) is 0 Å². The van der Waals surface area contributed by atoms with Crippen LogP contribution in [0.2, 0.25) is 0 Å². The molecule has 1 aliphatic heterocycles. The Morgan fingerprint density at radius 2 is 1.92 bits per heavy atom. The molecular formula is C28H23BrN4O4S. The van der Waals surface area contributed by atoms with Gasteiger partial charge in [0.15, 0.2) is 5.04 Å². The number of ether oxygens (including phenoxy) is 1. The summed E-state index contributed by atoms with van der Waals surface area (Å²) in [6.45, 7) is 9.84. The first kappa shape index (κ1) is 27.1. The van der Waals surface area contributed by atoms with Gasteiger partial charge in [-0.15, -0.1) is 0 Å². The van der Waals surface area contributed by atoms with Crippen LogP contribution in [0, 0.1) is 16.7 Å². The highest BCUT2D eigenvalue weighted by molar-refractivity contribution is 9.10. The number of nitro benzene ring substituents is 1. The quantitative estimate of drug-likeness (QED) is 0.181. The number of carbonyl (C=O) groups is 1. The van der Waals surface area contributed by atoms with Crippen LogP contribution in [0.25, 0.3) is 4.85 Å². The van der Waals surface area contributed by atoms with E-state index >= 15 is 0 Å². The number of para-hydroxylation sites is 2. The van der Waals surface area contributed by atoms with Gasteiger partial charge in [-0.1, -0.05) is 70.2 Å². The first-order chi connectivity index (χ1) is 18.3. The van der Waals surface area contributed by atoms with Crippen LogP contribution in [0.5, 0.6) is 5.75 Å². The molecule has 0 radical (unpaired) electrons. The molecule has 0 bridgehead atoms. The molecule has 0 spiro atoms. The fourth-order valence-corrected chi connectivity index (χ4v) is 5.86. The standard InChI is InChI=1S/C28H23BrN4O4S/c1-17-24(27(34)32-22-13-6-7-14-23(22)37-3)25(20-11-4-5-12-21(20)29)26(30-2)28(31-17)38-16-18-9-8-10-19(15-18)33(35)36/h4-15,25-26H,16H2,1,3H3,(H,32,34). The van der Waals surface area contributed by atoms with Gasteiger partial charge < -0.3 is 14.9 Å². The van der Waals surface area contributed by atoms with Crippen molar-refractivity contribution >= 4 is 50.0 Å². The van der Waals surface area contributed by atoms with E-state index in [4.69, 9.17) is 16.3 Å². The monoisotopic (exact) mass is 590 g/mol. The van der Waals surface area contributed by atoms with Gasteiger partial charge in [-0.3, -0.25) is 14.9 Å². The molecule has 0 saturated heterocycles. The third-order valence-corrected chi connectivity index (χ3v) is 7.86. The largest absolute Gasteiger partial charge is 0.495 e. The summed E-state index contributed by atoms with van der Waals surface area (Å²) in [4.78, 5) is 33.1. The number of nitrogens with zero attached hydrogens (tertiary/aromatic N) is 3. The van der Waals surface area contributed by atoms with Crippen molar-refractivity contribution in [2.75, 3.05) is 12.4 Å². The average molecular weight is 591 g/mol. The van der Waals surface area contributed by atoms with Crippen molar-refractivity contribution in [3.63, 3.8) is 0 Å². The maximum atomic E-state index is 13.7. The van der Waals surface area contributed by atoms with E-state index in [1.54, 1.807) is 37.3 Å². The van der Waals surface area contributed by atoms with Gasteiger partial charge in [0.25, 0.3) is 17.6 Å². The number of benzene rings is 3. The van der Waals surface area contributed by atoms with Gasteiger partial charge in [0.1, 0.15) is 5.75 Å². The second-order valence-corrected chi connectivity index (χ2v) is 10.2. The van der Waals surface area contributed by atoms with E-state index in [1.807, 2.05) is 30.3 Å². The zero-order valence-electron chi connectivity index (χ0n) is 20.6. The van der Waals surface area contributed by atoms with E-state index in [0.29, 0.717) is 33.5 Å². The zero-order chi connectivity index (χ0) is 27.2. The summed E-state index contributed by atoms with van der Waals surface area (Å²) in [5, 5.41) is 14.7. The summed E-state index contributed by atoms with van der Waals surface area (Å²) in [6.07, 6.45) is 0. The number of nitrogens with one attached hydrogen (secondary N) is 1. The van der Waals surface area contributed by atoms with Crippen LogP contribution in [0.15, 0.2) is 93.5 Å². The Labute approximate surface area is 232 Å². The summed E-state index contributed by atoms with van der Waals surface area (Å²) < 4.78 is 6.16. The molecule has 1 amide bonds. The van der Waals surface area contributed by atoms with E-state index in [9.17, 15) is 14.9 Å². The number of non-ortho nitro benzene ring substituents is 1. The van der Waals surface area contributed by atoms with Crippen LogP contribution in [-0.2, 0) is 10.5 Å². The smallest absolute Gasteiger partial charge is 0.282 e. The number of carbonyl (C=O) groups excluding carboxylic acids is 1. The van der Waals surface area contributed by atoms with Crippen molar-refractivity contribution in [3.05, 3.63) is 121 Å². The Balaban J connectivity index is 1.74. The molecule has 0 fully saturated rings. The Morgan fingerprint density at radius 3 is 2.63 bits per heavy atom. The SMILES string of the molecule is [C-]#[N+]C1C(SCc2cccc([N+](=O)[O-])c2)=NC(C)=C(C(=O)Nc2ccccc2OC)C1c1ccccc1Br. The van der Waals surface area contributed by atoms with Crippen molar-refractivity contribution in [3.8, 4) is 5.75 Å². The first-order valence-electron chi connectivity index (χ1n) is 11.5. The minimum absolute atomic E-state index is 0.00729. The van der Waals surface area contributed by atoms with E-state index < -0.39 is 16.9 Å². The van der Waals surface area contributed by atoms with Crippen molar-refractivity contribution in [2.45, 2.75) is 24.6 Å². The molecule has 3 aromatic rings. The summed E-state index contributed by atoms with van der Waals surface area (Å²) in [5.41, 5.74) is 2.95. The number of aliphatic imine (C=N–C) groups is 1. The number of nitro groups is 1. The molecule has 1 heterocycles. The van der Waals surface area contributed by atoms with E-state index in [-0.39, 0.29) is 11.6 Å². The molecular weight excluding hydrogens is 568 g/mol. The van der Waals surface area contributed by atoms with E-state index in [2.05, 4.69) is 26.1 Å². The van der Waals surface area contributed by atoms with Crippen molar-refractivity contribution in [1.29, 1.82) is 0 Å². The zero-order valence-corrected chi connectivity index (χ0v) is 23.0. The summed E-state index contributed by atoms with van der Waals surface area (Å²) in [7, 11) is 1.53. The van der Waals surface area contributed by atoms with Gasteiger partial charge in [0.2, 0.25) is 0 Å². The van der Waals surface area contributed by atoms with Gasteiger partial charge in [-0.05, 0) is 36.2 Å². The molecule has 8 nitrogen and oxygen atoms in total. The van der Waals surface area contributed by atoms with Gasteiger partial charge in [-0.25, -0.2) is 11.6 Å². The summed E-state index contributed by atoms with van der Waals surface area (Å²) in [6, 6.07) is 20.3. The highest BCUT2D eigenvalue weighted by Crippen LogP contribution is 2.42. The lowest BCUT2D eigenvalue weighted by atomic mass is 9.82. The molecule has 1 N–H and O–H groups in total. The third kappa shape index (κ3) is 5.79. The number of anilines is 1. The highest BCUT2D eigenvalue weighted by atomic mass is 79.9. The van der Waals surface area contributed by atoms with Crippen molar-refractivity contribution in [2.24, 2.45) is 4.99 Å². The first-order valence-corrected chi connectivity index (χ1v) is 13.3. The lowest BCUT2D eigenvalue weighted by Crippen LogP contribution is -2.34. The summed E-state index contributed by atoms with van der Waals surface area (Å²) >= 11 is 4.95. The third-order valence-electron chi connectivity index (χ3n) is 6.03. The predicted octanol–water partition coefficient (Wildman–Crippen LogP) is 7.00. The van der Waals surface area contributed by atoms with Crippen LogP contribution >= 0.6 is 27.7 Å². The maximum Gasteiger partial charge on any atom is 0.282 e. The molecule has 3 aromatic carbocycles. The molecule has 4 rings (SSSR count). The number of methoxy groups -OCH3 is 1. The molecule has 10 heteroatoms. The van der Waals surface area contributed by atoms with Crippen molar-refractivity contribution < 1.29 is 14.5 Å². The van der Waals surface area contributed by atoms with Crippen LogP contribution in [-0.4, -0.2) is 29.0 Å². The van der Waals surface area contributed by atoms with E-state index in [0.717, 1.165) is 15.6 Å². The molecule has 2 unspecified atom stereocenters. The number of amides is 1. The Morgan fingerprint density at radius 1 is 1.18 bits per heavy atom. The number of hydrogen-bond acceptors (Lipinski definition) is 6. The molecule has 2 atom stereocenters. The second-order valence-electron chi connectivity index (χ2n) is 8.39. The number of halogens is 1. The Hall–Kier alpha value is -3.94. The Bertz CT molecular complexity index is 1500. The molecule has 38 heavy (non-hydrogen) atoms. The van der Waals surface area contributed by atoms with Gasteiger partial charge in [0, 0.05) is 28.1 Å². The molecule has 1 aliphatic rings. The maximum absolute atomic E-state index is 13.7. The van der Waals surface area contributed by atoms with Crippen LogP contribution in [0.1, 0.15) is 24.0 Å². The minimum atomic E-state index is -0.764. The molecule has 0 aliphatic carbocycles. The van der Waals surface area contributed by atoms with Gasteiger partial charge >= 0.3 is 0 Å². The predicted molar refractivity (Wildman–Crippen MR) is 153 cm³/mol. The molecule has 0 aromatic heterocycles. The topological polar surface area (TPSA) is 98.2 Å². The Kier molecular flexibility index (Phi) is 8.61. The lowest BCUT2D eigenvalue weighted by molar-refractivity contribution is -0.384. The van der Waals surface area contributed by atoms with Crippen LogP contribution < -0.4 is 10.1 Å². The average Bonchev–Trinajstić information content (AvgIpc) is 2.92. The molecule has 192 valence electrons. The van der Waals surface area contributed by atoms with Crippen LogP contribution in [0.4, 0.5) is 11.4 Å².